The zero-order chi connectivity index (χ0) is 13.3. The quantitative estimate of drug-likeness (QED) is 0.611. The van der Waals surface area contributed by atoms with E-state index in [1.54, 1.807) is 0 Å². The first-order valence-corrected chi connectivity index (χ1v) is 5.27. The average molecular weight is 289 g/mol. The largest absolute Gasteiger partial charge is 0.394 e. The number of nitriles is 1. The number of hydrogen-bond acceptors (Lipinski definition) is 7. The molecule has 1 saturated heterocycles. The van der Waals surface area contributed by atoms with Crippen molar-refractivity contribution in [2.45, 2.75) is 18.4 Å². The van der Waals surface area contributed by atoms with E-state index >= 15 is 0 Å². The molecule has 2 heterocycles. The van der Waals surface area contributed by atoms with Gasteiger partial charge in [-0.15, -0.1) is 12.4 Å². The zero-order valence-corrected chi connectivity index (χ0v) is 10.5. The van der Waals surface area contributed by atoms with Gasteiger partial charge in [-0.2, -0.15) is 10.2 Å². The lowest BCUT2D eigenvalue weighted by atomic mass is 10.0. The van der Waals surface area contributed by atoms with Crippen LogP contribution >= 0.6 is 12.4 Å². The van der Waals surface area contributed by atoms with Gasteiger partial charge in [0, 0.05) is 6.20 Å². The maximum absolute atomic E-state index is 11.6. The van der Waals surface area contributed by atoms with Crippen LogP contribution < -0.4 is 11.4 Å². The fraction of sp³-hybridized carbons (Fsp3) is 0.500. The van der Waals surface area contributed by atoms with Crippen LogP contribution in [0.25, 0.3) is 0 Å². The number of aromatic nitrogens is 2. The number of hydrogen-bond donors (Lipinski definition) is 3. The standard InChI is InChI=1S/C10H12N4O4.ClH/c11-3-5-8(16)6(4-15)18-9(5)14-2-1-7(12)13-10(14)17;/h1-2,5-6,8-9,15-16H,4H2,(H2,12,13,17);1H/t5-,6-,8+,9-;/m1./s1. The van der Waals surface area contributed by atoms with Crippen molar-refractivity contribution < 1.29 is 14.9 Å². The van der Waals surface area contributed by atoms with Crippen LogP contribution in [-0.2, 0) is 4.74 Å². The van der Waals surface area contributed by atoms with Crippen LogP contribution in [-0.4, -0.2) is 38.6 Å². The van der Waals surface area contributed by atoms with E-state index in [1.165, 1.54) is 12.3 Å². The molecule has 0 aliphatic carbocycles. The summed E-state index contributed by atoms with van der Waals surface area (Å²) in [6.45, 7) is -0.438. The fourth-order valence-electron chi connectivity index (χ4n) is 1.89. The smallest absolute Gasteiger partial charge is 0.351 e. The van der Waals surface area contributed by atoms with Gasteiger partial charge in [-0.25, -0.2) is 4.79 Å². The van der Waals surface area contributed by atoms with Gasteiger partial charge in [0.2, 0.25) is 0 Å². The highest BCUT2D eigenvalue weighted by molar-refractivity contribution is 5.85. The normalized spacial score (nSPS) is 29.5. The first-order valence-electron chi connectivity index (χ1n) is 5.27. The van der Waals surface area contributed by atoms with E-state index in [0.29, 0.717) is 0 Å². The molecule has 0 aromatic carbocycles. The molecule has 0 saturated carbocycles. The topological polar surface area (TPSA) is 134 Å². The third-order valence-electron chi connectivity index (χ3n) is 2.82. The minimum Gasteiger partial charge on any atom is -0.394 e. The van der Waals surface area contributed by atoms with Crippen LogP contribution in [0.15, 0.2) is 17.1 Å². The Labute approximate surface area is 114 Å². The predicted octanol–water partition coefficient (Wildman–Crippen LogP) is -1.36. The minimum atomic E-state index is -1.16. The number of nitrogen functional groups attached to an aromatic ring is 1. The highest BCUT2D eigenvalue weighted by Gasteiger charge is 2.45. The van der Waals surface area contributed by atoms with Crippen molar-refractivity contribution in [1.29, 1.82) is 5.26 Å². The van der Waals surface area contributed by atoms with Gasteiger partial charge in [0.1, 0.15) is 23.9 Å². The number of rotatable bonds is 2. The van der Waals surface area contributed by atoms with Gasteiger partial charge < -0.3 is 20.7 Å². The summed E-state index contributed by atoms with van der Waals surface area (Å²) in [6.07, 6.45) is -1.70. The lowest BCUT2D eigenvalue weighted by Crippen LogP contribution is -2.31. The Bertz CT molecular complexity index is 543. The van der Waals surface area contributed by atoms with E-state index in [-0.39, 0.29) is 18.2 Å². The number of anilines is 1. The number of ether oxygens (including phenoxy) is 1. The third kappa shape index (κ3) is 2.69. The van der Waals surface area contributed by atoms with Crippen LogP contribution in [0.5, 0.6) is 0 Å². The SMILES string of the molecule is Cl.N#C[C@@H]1[C@H](O)[C@@H](CO)O[C@H]1n1ccc(N)nc1=O. The van der Waals surface area contributed by atoms with E-state index in [9.17, 15) is 9.90 Å². The molecular formula is C10H13ClN4O4. The molecule has 1 aromatic rings. The van der Waals surface area contributed by atoms with Gasteiger partial charge in [0.25, 0.3) is 0 Å². The third-order valence-corrected chi connectivity index (χ3v) is 2.82. The molecule has 0 amide bonds. The van der Waals surface area contributed by atoms with Crippen LogP contribution in [0, 0.1) is 17.2 Å². The second-order valence-electron chi connectivity index (χ2n) is 3.94. The molecule has 2 rings (SSSR count). The van der Waals surface area contributed by atoms with Gasteiger partial charge >= 0.3 is 5.69 Å². The Hall–Kier alpha value is -1.66. The Morgan fingerprint density at radius 2 is 2.32 bits per heavy atom. The van der Waals surface area contributed by atoms with Crippen LogP contribution in [0.3, 0.4) is 0 Å². The van der Waals surface area contributed by atoms with Crippen molar-refractivity contribution in [3.05, 3.63) is 22.7 Å². The molecule has 1 fully saturated rings. The maximum atomic E-state index is 11.6. The molecule has 104 valence electrons. The number of aliphatic hydroxyl groups excluding tert-OH is 2. The monoisotopic (exact) mass is 288 g/mol. The molecule has 4 atom stereocenters. The second kappa shape index (κ2) is 5.99. The molecule has 1 aliphatic heterocycles. The molecule has 0 spiro atoms. The highest BCUT2D eigenvalue weighted by atomic mass is 35.5. The van der Waals surface area contributed by atoms with Crippen LogP contribution in [0.2, 0.25) is 0 Å². The van der Waals surface area contributed by atoms with Gasteiger partial charge in [-0.05, 0) is 6.07 Å². The molecule has 1 aromatic heterocycles. The summed E-state index contributed by atoms with van der Waals surface area (Å²) < 4.78 is 6.37. The molecule has 1 aliphatic rings. The van der Waals surface area contributed by atoms with E-state index < -0.39 is 36.7 Å². The lowest BCUT2D eigenvalue weighted by Gasteiger charge is -2.16. The van der Waals surface area contributed by atoms with Gasteiger partial charge in [-0.1, -0.05) is 0 Å². The summed E-state index contributed by atoms with van der Waals surface area (Å²) in [5.74, 6) is -0.896. The second-order valence-corrected chi connectivity index (χ2v) is 3.94. The Kier molecular flexibility index (Phi) is 4.85. The summed E-state index contributed by atoms with van der Waals surface area (Å²) in [7, 11) is 0. The molecular weight excluding hydrogens is 276 g/mol. The van der Waals surface area contributed by atoms with Crippen LogP contribution in [0.1, 0.15) is 6.23 Å². The summed E-state index contributed by atoms with van der Waals surface area (Å²) in [6, 6.07) is 3.25. The molecule has 0 radical (unpaired) electrons. The Morgan fingerprint density at radius 3 is 2.84 bits per heavy atom. The van der Waals surface area contributed by atoms with E-state index in [0.717, 1.165) is 4.57 Å². The van der Waals surface area contributed by atoms with E-state index in [4.69, 9.17) is 20.8 Å². The van der Waals surface area contributed by atoms with E-state index in [1.807, 2.05) is 6.07 Å². The van der Waals surface area contributed by atoms with Gasteiger partial charge in [0.05, 0.1) is 12.7 Å². The number of nitrogens with two attached hydrogens (primary N) is 1. The van der Waals surface area contributed by atoms with Crippen molar-refractivity contribution >= 4 is 18.2 Å². The maximum Gasteiger partial charge on any atom is 0.351 e. The lowest BCUT2D eigenvalue weighted by molar-refractivity contribution is -0.0469. The number of aliphatic hydroxyl groups is 2. The molecule has 0 bridgehead atoms. The zero-order valence-electron chi connectivity index (χ0n) is 9.71. The highest BCUT2D eigenvalue weighted by Crippen LogP contribution is 2.33. The fourth-order valence-corrected chi connectivity index (χ4v) is 1.89. The van der Waals surface area contributed by atoms with Crippen molar-refractivity contribution in [2.24, 2.45) is 5.92 Å². The average Bonchev–Trinajstić information content (AvgIpc) is 2.65. The minimum absolute atomic E-state index is 0. The summed E-state index contributed by atoms with van der Waals surface area (Å²) >= 11 is 0. The molecule has 0 unspecified atom stereocenters. The molecule has 8 nitrogen and oxygen atoms in total. The van der Waals surface area contributed by atoms with Gasteiger partial charge in [-0.3, -0.25) is 4.57 Å². The predicted molar refractivity (Wildman–Crippen MR) is 66.3 cm³/mol. The molecule has 4 N–H and O–H groups in total. The van der Waals surface area contributed by atoms with Gasteiger partial charge in [0.15, 0.2) is 6.23 Å². The summed E-state index contributed by atoms with van der Waals surface area (Å²) in [5, 5.41) is 27.8. The van der Waals surface area contributed by atoms with E-state index in [2.05, 4.69) is 4.98 Å². The van der Waals surface area contributed by atoms with Crippen molar-refractivity contribution in [3.63, 3.8) is 0 Å². The summed E-state index contributed by atoms with van der Waals surface area (Å²) in [5.41, 5.74) is 4.68. The van der Waals surface area contributed by atoms with Crippen molar-refractivity contribution in [3.8, 4) is 6.07 Å². The first-order chi connectivity index (χ1) is 8.58. The Balaban J connectivity index is 0.00000180. The summed E-state index contributed by atoms with van der Waals surface area (Å²) in [4.78, 5) is 15.1. The van der Waals surface area contributed by atoms with Crippen molar-refractivity contribution in [1.82, 2.24) is 9.55 Å². The number of halogens is 1. The molecule has 9 heteroatoms. The number of nitrogens with zero attached hydrogens (tertiary/aromatic N) is 3. The Morgan fingerprint density at radius 1 is 1.63 bits per heavy atom. The first kappa shape index (κ1) is 15.4. The molecule has 19 heavy (non-hydrogen) atoms. The van der Waals surface area contributed by atoms with Crippen molar-refractivity contribution in [2.75, 3.05) is 12.3 Å². The van der Waals surface area contributed by atoms with Crippen LogP contribution in [0.4, 0.5) is 5.82 Å².